The SMILES string of the molecule is CN(Cc1ccccc1)Cc1cn(C[C@H]2C[C@H]3CCN2C[C@@H]3C(=O)N(C)C)nn1. The Balaban J connectivity index is 1.31. The zero-order chi connectivity index (χ0) is 20.4. The lowest BCUT2D eigenvalue weighted by molar-refractivity contribution is -0.141. The van der Waals surface area contributed by atoms with E-state index in [4.69, 9.17) is 0 Å². The van der Waals surface area contributed by atoms with Crippen LogP contribution >= 0.6 is 0 Å². The molecular formula is C22H32N6O. The van der Waals surface area contributed by atoms with Crippen LogP contribution in [-0.2, 0) is 24.4 Å². The van der Waals surface area contributed by atoms with Crippen molar-refractivity contribution >= 4 is 5.91 Å². The lowest BCUT2D eigenvalue weighted by Crippen LogP contribution is -2.57. The molecule has 3 aliphatic rings. The molecule has 3 aliphatic heterocycles. The summed E-state index contributed by atoms with van der Waals surface area (Å²) >= 11 is 0. The molecule has 0 radical (unpaired) electrons. The Morgan fingerprint density at radius 2 is 1.97 bits per heavy atom. The maximum Gasteiger partial charge on any atom is 0.226 e. The third-order valence-corrected chi connectivity index (χ3v) is 6.35. The Hall–Kier alpha value is -2.25. The molecule has 3 saturated heterocycles. The van der Waals surface area contributed by atoms with Crippen LogP contribution in [0, 0.1) is 11.8 Å². The van der Waals surface area contributed by atoms with Crippen LogP contribution in [0.4, 0.5) is 0 Å². The average molecular weight is 397 g/mol. The Bertz CT molecular complexity index is 820. The van der Waals surface area contributed by atoms with Crippen molar-refractivity contribution in [1.29, 1.82) is 0 Å². The summed E-state index contributed by atoms with van der Waals surface area (Å²) in [6, 6.07) is 10.9. The topological polar surface area (TPSA) is 57.5 Å². The van der Waals surface area contributed by atoms with Crippen molar-refractivity contribution in [3.63, 3.8) is 0 Å². The van der Waals surface area contributed by atoms with Crippen molar-refractivity contribution in [3.8, 4) is 0 Å². The molecular weight excluding hydrogens is 364 g/mol. The van der Waals surface area contributed by atoms with Crippen molar-refractivity contribution < 1.29 is 4.79 Å². The zero-order valence-corrected chi connectivity index (χ0v) is 17.7. The first kappa shape index (κ1) is 20.0. The molecule has 7 nitrogen and oxygen atoms in total. The fourth-order valence-electron chi connectivity index (χ4n) is 4.88. The van der Waals surface area contributed by atoms with Crippen LogP contribution in [0.25, 0.3) is 0 Å². The first-order valence-electron chi connectivity index (χ1n) is 10.6. The number of carbonyl (C=O) groups is 1. The number of nitrogens with zero attached hydrogens (tertiary/aromatic N) is 6. The maximum atomic E-state index is 12.5. The van der Waals surface area contributed by atoms with Crippen molar-refractivity contribution in [1.82, 2.24) is 29.7 Å². The summed E-state index contributed by atoms with van der Waals surface area (Å²) in [6.45, 7) is 4.51. The Morgan fingerprint density at radius 1 is 1.17 bits per heavy atom. The van der Waals surface area contributed by atoms with E-state index in [1.165, 1.54) is 5.56 Å². The van der Waals surface area contributed by atoms with Crippen molar-refractivity contribution in [2.24, 2.45) is 11.8 Å². The number of piperidine rings is 3. The lowest BCUT2D eigenvalue weighted by atomic mass is 9.75. The summed E-state index contributed by atoms with van der Waals surface area (Å²) < 4.78 is 1.99. The number of benzene rings is 1. The largest absolute Gasteiger partial charge is 0.349 e. The minimum absolute atomic E-state index is 0.160. The molecule has 1 aromatic heterocycles. The molecule has 0 spiro atoms. The van der Waals surface area contributed by atoms with Gasteiger partial charge >= 0.3 is 0 Å². The highest BCUT2D eigenvalue weighted by Gasteiger charge is 2.43. The predicted octanol–water partition coefficient (Wildman–Crippen LogP) is 1.71. The van der Waals surface area contributed by atoms with E-state index in [0.717, 1.165) is 51.3 Å². The summed E-state index contributed by atoms with van der Waals surface area (Å²) in [5.41, 5.74) is 2.30. The van der Waals surface area contributed by atoms with Gasteiger partial charge in [-0.2, -0.15) is 0 Å². The van der Waals surface area contributed by atoms with E-state index in [9.17, 15) is 4.79 Å². The molecule has 2 aromatic rings. The molecule has 7 heteroatoms. The number of rotatable bonds is 7. The van der Waals surface area contributed by atoms with Crippen molar-refractivity contribution in [3.05, 3.63) is 47.8 Å². The van der Waals surface area contributed by atoms with E-state index in [1.807, 2.05) is 24.8 Å². The molecule has 1 amide bonds. The van der Waals surface area contributed by atoms with Gasteiger partial charge in [0.05, 0.1) is 18.2 Å². The smallest absolute Gasteiger partial charge is 0.226 e. The molecule has 5 rings (SSSR count). The van der Waals surface area contributed by atoms with E-state index in [1.54, 1.807) is 4.90 Å². The van der Waals surface area contributed by atoms with Gasteiger partial charge in [-0.15, -0.1) is 5.10 Å². The Morgan fingerprint density at radius 3 is 2.66 bits per heavy atom. The van der Waals surface area contributed by atoms with Crippen LogP contribution in [0.3, 0.4) is 0 Å². The van der Waals surface area contributed by atoms with E-state index in [2.05, 4.69) is 57.6 Å². The number of amides is 1. The number of aromatic nitrogens is 3. The fourth-order valence-corrected chi connectivity index (χ4v) is 4.88. The molecule has 1 unspecified atom stereocenters. The lowest BCUT2D eigenvalue weighted by Gasteiger charge is -2.49. The molecule has 2 bridgehead atoms. The van der Waals surface area contributed by atoms with E-state index >= 15 is 0 Å². The minimum Gasteiger partial charge on any atom is -0.349 e. The monoisotopic (exact) mass is 396 g/mol. The normalized spacial score (nSPS) is 26.1. The number of hydrogen-bond donors (Lipinski definition) is 0. The van der Waals surface area contributed by atoms with Gasteiger partial charge in [-0.3, -0.25) is 19.3 Å². The molecule has 29 heavy (non-hydrogen) atoms. The van der Waals surface area contributed by atoms with E-state index in [-0.39, 0.29) is 11.8 Å². The van der Waals surface area contributed by atoms with Crippen LogP contribution in [-0.4, -0.2) is 75.9 Å². The molecule has 0 N–H and O–H groups in total. The van der Waals surface area contributed by atoms with Gasteiger partial charge in [0.1, 0.15) is 0 Å². The number of carbonyl (C=O) groups excluding carboxylic acids is 1. The molecule has 4 atom stereocenters. The first-order valence-corrected chi connectivity index (χ1v) is 10.6. The second-order valence-electron chi connectivity index (χ2n) is 8.86. The predicted molar refractivity (Wildman–Crippen MR) is 112 cm³/mol. The quantitative estimate of drug-likeness (QED) is 0.713. The summed E-state index contributed by atoms with van der Waals surface area (Å²) in [5.74, 6) is 0.940. The molecule has 0 saturated carbocycles. The second kappa shape index (κ2) is 8.63. The van der Waals surface area contributed by atoms with E-state index < -0.39 is 0 Å². The van der Waals surface area contributed by atoms with Gasteiger partial charge < -0.3 is 4.90 Å². The maximum absolute atomic E-state index is 12.5. The van der Waals surface area contributed by atoms with Crippen LogP contribution in [0.5, 0.6) is 0 Å². The summed E-state index contributed by atoms with van der Waals surface area (Å²) in [7, 11) is 5.84. The van der Waals surface area contributed by atoms with Gasteiger partial charge in [0.25, 0.3) is 0 Å². The number of hydrogen-bond acceptors (Lipinski definition) is 5. The standard InChI is InChI=1S/C22H32N6O/c1-25(2)22(29)21-16-27-10-9-18(21)11-20(27)15-28-14-19(23-24-28)13-26(3)12-17-7-5-4-6-8-17/h4-8,14,18,20-21H,9-13,15-16H2,1-3H3/t18-,20-,21+/m1/s1. The average Bonchev–Trinajstić information content (AvgIpc) is 3.15. The molecule has 4 heterocycles. The third-order valence-electron chi connectivity index (χ3n) is 6.35. The van der Waals surface area contributed by atoms with E-state index in [0.29, 0.717) is 12.0 Å². The summed E-state index contributed by atoms with van der Waals surface area (Å²) in [5, 5.41) is 8.76. The van der Waals surface area contributed by atoms with Gasteiger partial charge in [-0.1, -0.05) is 35.5 Å². The first-order chi connectivity index (χ1) is 14.0. The van der Waals surface area contributed by atoms with Gasteiger partial charge in [-0.25, -0.2) is 0 Å². The van der Waals surface area contributed by atoms with Crippen LogP contribution in [0.1, 0.15) is 24.1 Å². The van der Waals surface area contributed by atoms with Crippen LogP contribution in [0.15, 0.2) is 36.5 Å². The van der Waals surface area contributed by atoms with Crippen molar-refractivity contribution in [2.45, 2.75) is 38.5 Å². The van der Waals surface area contributed by atoms with Crippen molar-refractivity contribution in [2.75, 3.05) is 34.2 Å². The molecule has 3 fully saturated rings. The minimum atomic E-state index is 0.160. The Kier molecular flexibility index (Phi) is 5.96. The zero-order valence-electron chi connectivity index (χ0n) is 17.7. The highest BCUT2D eigenvalue weighted by molar-refractivity contribution is 5.79. The fraction of sp³-hybridized carbons (Fsp3) is 0.591. The summed E-state index contributed by atoms with van der Waals surface area (Å²) in [6.07, 6.45) is 4.29. The van der Waals surface area contributed by atoms with Gasteiger partial charge in [0.15, 0.2) is 0 Å². The molecule has 1 aromatic carbocycles. The van der Waals surface area contributed by atoms with Gasteiger partial charge in [0, 0.05) is 46.0 Å². The third kappa shape index (κ3) is 4.67. The molecule has 156 valence electrons. The highest BCUT2D eigenvalue weighted by atomic mass is 16.2. The van der Waals surface area contributed by atoms with Gasteiger partial charge in [0.2, 0.25) is 5.91 Å². The molecule has 0 aliphatic carbocycles. The Labute approximate surface area is 173 Å². The van der Waals surface area contributed by atoms with Crippen LogP contribution < -0.4 is 0 Å². The van der Waals surface area contributed by atoms with Crippen LogP contribution in [0.2, 0.25) is 0 Å². The highest BCUT2D eigenvalue weighted by Crippen LogP contribution is 2.37. The second-order valence-corrected chi connectivity index (χ2v) is 8.86. The van der Waals surface area contributed by atoms with Gasteiger partial charge in [-0.05, 0) is 37.9 Å². The number of fused-ring (bicyclic) bond motifs is 3. The summed E-state index contributed by atoms with van der Waals surface area (Å²) in [4.78, 5) is 18.9.